The predicted octanol–water partition coefficient (Wildman–Crippen LogP) is 2.21. The van der Waals surface area contributed by atoms with E-state index in [1.165, 1.54) is 0 Å². The second-order valence-electron chi connectivity index (χ2n) is 4.78. The summed E-state index contributed by atoms with van der Waals surface area (Å²) in [6.07, 6.45) is -6.43. The topological polar surface area (TPSA) is 58.2 Å². The molecule has 0 aromatic heterocycles. The first-order chi connectivity index (χ1) is 10.0. The highest BCUT2D eigenvalue weighted by Gasteiger charge is 2.43. The molecule has 0 fully saturated rings. The Balaban J connectivity index is 2.84. The molecule has 2 amide bonds. The number of amides is 2. The largest absolute Gasteiger partial charge is 0.471 e. The Bertz CT molecular complexity index is 404. The summed E-state index contributed by atoms with van der Waals surface area (Å²) in [5.41, 5.74) is 0. The minimum absolute atomic E-state index is 0.0128. The molecule has 0 heterocycles. The zero-order valence-corrected chi connectivity index (χ0v) is 11.2. The number of rotatable bonds is 2. The van der Waals surface area contributed by atoms with Gasteiger partial charge in [0.15, 0.2) is 0 Å². The van der Waals surface area contributed by atoms with Gasteiger partial charge in [-0.2, -0.15) is 26.3 Å². The SMILES string of the molecule is O=C(NC1CCC=CCCC1NC(=O)C(F)(F)F)C(F)(F)F. The molecule has 1 aliphatic carbocycles. The molecule has 2 N–H and O–H groups in total. The van der Waals surface area contributed by atoms with Crippen LogP contribution in [-0.2, 0) is 9.59 Å². The van der Waals surface area contributed by atoms with Crippen molar-refractivity contribution in [2.45, 2.75) is 50.1 Å². The summed E-state index contributed by atoms with van der Waals surface area (Å²) in [5.74, 6) is -4.48. The van der Waals surface area contributed by atoms with Crippen LogP contribution in [0.2, 0.25) is 0 Å². The molecule has 2 atom stereocenters. The van der Waals surface area contributed by atoms with Crippen molar-refractivity contribution in [3.63, 3.8) is 0 Å². The molecule has 0 spiro atoms. The highest BCUT2D eigenvalue weighted by atomic mass is 19.4. The van der Waals surface area contributed by atoms with Crippen LogP contribution in [0.25, 0.3) is 0 Å². The number of allylic oxidation sites excluding steroid dienone is 2. The summed E-state index contributed by atoms with van der Waals surface area (Å²) >= 11 is 0. The first-order valence-corrected chi connectivity index (χ1v) is 6.42. The monoisotopic (exact) mass is 332 g/mol. The Kier molecular flexibility index (Phi) is 5.84. The molecule has 2 unspecified atom stereocenters. The van der Waals surface area contributed by atoms with Crippen molar-refractivity contribution in [1.29, 1.82) is 0 Å². The van der Waals surface area contributed by atoms with Crippen LogP contribution in [0.3, 0.4) is 0 Å². The van der Waals surface area contributed by atoms with Crippen molar-refractivity contribution < 1.29 is 35.9 Å². The lowest BCUT2D eigenvalue weighted by atomic mass is 9.95. The maximum Gasteiger partial charge on any atom is 0.471 e. The number of carbonyl (C=O) groups excluding carboxylic acids is 2. The van der Waals surface area contributed by atoms with Crippen LogP contribution in [0.1, 0.15) is 25.7 Å². The second-order valence-corrected chi connectivity index (χ2v) is 4.78. The summed E-state index contributed by atoms with van der Waals surface area (Å²) in [6.45, 7) is 0. The molecule has 0 saturated carbocycles. The van der Waals surface area contributed by atoms with Crippen LogP contribution in [0, 0.1) is 0 Å². The fourth-order valence-electron chi connectivity index (χ4n) is 2.04. The summed E-state index contributed by atoms with van der Waals surface area (Å²) < 4.78 is 73.6. The van der Waals surface area contributed by atoms with Crippen LogP contribution >= 0.6 is 0 Å². The van der Waals surface area contributed by atoms with Gasteiger partial charge in [0.1, 0.15) is 0 Å². The quantitative estimate of drug-likeness (QED) is 0.602. The van der Waals surface area contributed by atoms with Crippen LogP contribution in [0.15, 0.2) is 12.2 Å². The molecule has 4 nitrogen and oxygen atoms in total. The van der Waals surface area contributed by atoms with Gasteiger partial charge in [-0.15, -0.1) is 0 Å². The summed E-state index contributed by atoms with van der Waals surface area (Å²) in [5, 5.41) is 3.31. The maximum absolute atomic E-state index is 12.3. The minimum Gasteiger partial charge on any atom is -0.343 e. The Morgan fingerprint density at radius 1 is 0.773 bits per heavy atom. The molecular weight excluding hydrogens is 318 g/mol. The van der Waals surface area contributed by atoms with E-state index in [0.29, 0.717) is 0 Å². The second kappa shape index (κ2) is 7.01. The van der Waals surface area contributed by atoms with Gasteiger partial charge >= 0.3 is 24.2 Å². The number of hydrogen-bond donors (Lipinski definition) is 2. The number of alkyl halides is 6. The van der Waals surface area contributed by atoms with Crippen molar-refractivity contribution >= 4 is 11.8 Å². The van der Waals surface area contributed by atoms with Gasteiger partial charge in [-0.05, 0) is 25.7 Å². The number of nitrogens with one attached hydrogen (secondary N) is 2. The maximum atomic E-state index is 12.3. The molecule has 126 valence electrons. The third kappa shape index (κ3) is 5.57. The Morgan fingerprint density at radius 2 is 1.09 bits per heavy atom. The molecule has 0 aromatic rings. The van der Waals surface area contributed by atoms with Crippen molar-refractivity contribution in [3.8, 4) is 0 Å². The number of halogens is 6. The average molecular weight is 332 g/mol. The first kappa shape index (κ1) is 18.3. The molecular formula is C12H14F6N2O2. The van der Waals surface area contributed by atoms with E-state index in [0.717, 1.165) is 0 Å². The lowest BCUT2D eigenvalue weighted by Gasteiger charge is -2.30. The molecule has 22 heavy (non-hydrogen) atoms. The molecule has 1 rings (SSSR count). The first-order valence-electron chi connectivity index (χ1n) is 6.42. The smallest absolute Gasteiger partial charge is 0.343 e. The van der Waals surface area contributed by atoms with Gasteiger partial charge in [0.05, 0.1) is 0 Å². The van der Waals surface area contributed by atoms with E-state index in [-0.39, 0.29) is 25.7 Å². The average Bonchev–Trinajstić information content (AvgIpc) is 2.34. The normalized spacial score (nSPS) is 23.4. The standard InChI is InChI=1S/C12H14F6N2O2/c13-11(14,15)9(21)19-7-5-3-1-2-4-6-8(7)20-10(22)12(16,17)18/h1-2,7-8H,3-6H2,(H,19,21)(H,20,22). The summed E-state index contributed by atoms with van der Waals surface area (Å²) in [6, 6.07) is -2.46. The molecule has 10 heteroatoms. The van der Waals surface area contributed by atoms with Gasteiger partial charge in [-0.3, -0.25) is 9.59 Å². The highest BCUT2D eigenvalue weighted by molar-refractivity contribution is 5.83. The Labute approximate surface area is 121 Å². The van der Waals surface area contributed by atoms with E-state index in [1.807, 2.05) is 0 Å². The molecule has 0 saturated heterocycles. The molecule has 1 aliphatic rings. The van der Waals surface area contributed by atoms with E-state index >= 15 is 0 Å². The number of hydrogen-bond acceptors (Lipinski definition) is 2. The van der Waals surface area contributed by atoms with Crippen molar-refractivity contribution in [2.75, 3.05) is 0 Å². The van der Waals surface area contributed by atoms with Gasteiger partial charge in [0.2, 0.25) is 0 Å². The van der Waals surface area contributed by atoms with Gasteiger partial charge in [0.25, 0.3) is 0 Å². The minimum atomic E-state index is -5.14. The van der Waals surface area contributed by atoms with E-state index in [4.69, 9.17) is 0 Å². The molecule has 0 aliphatic heterocycles. The summed E-state index contributed by atoms with van der Waals surface area (Å²) in [4.78, 5) is 21.9. The zero-order valence-electron chi connectivity index (χ0n) is 11.2. The van der Waals surface area contributed by atoms with Crippen LogP contribution in [-0.4, -0.2) is 36.3 Å². The van der Waals surface area contributed by atoms with Gasteiger partial charge in [-0.1, -0.05) is 12.2 Å². The number of carbonyl (C=O) groups is 2. The van der Waals surface area contributed by atoms with Crippen molar-refractivity contribution in [1.82, 2.24) is 10.6 Å². The molecule has 0 aromatic carbocycles. The predicted molar refractivity (Wildman–Crippen MR) is 63.6 cm³/mol. The Hall–Kier alpha value is -1.74. The van der Waals surface area contributed by atoms with Gasteiger partial charge in [-0.25, -0.2) is 0 Å². The van der Waals surface area contributed by atoms with Crippen LogP contribution in [0.4, 0.5) is 26.3 Å². The summed E-state index contributed by atoms with van der Waals surface area (Å²) in [7, 11) is 0. The van der Waals surface area contributed by atoms with E-state index in [2.05, 4.69) is 0 Å². The fourth-order valence-corrected chi connectivity index (χ4v) is 2.04. The zero-order chi connectivity index (χ0) is 17.0. The Morgan fingerprint density at radius 3 is 1.36 bits per heavy atom. The van der Waals surface area contributed by atoms with Gasteiger partial charge in [0, 0.05) is 12.1 Å². The van der Waals surface area contributed by atoms with Crippen LogP contribution in [0.5, 0.6) is 0 Å². The molecule has 0 radical (unpaired) electrons. The third-order valence-electron chi connectivity index (χ3n) is 3.09. The lowest BCUT2D eigenvalue weighted by Crippen LogP contribution is -2.56. The van der Waals surface area contributed by atoms with E-state index < -0.39 is 36.3 Å². The fraction of sp³-hybridized carbons (Fsp3) is 0.667. The third-order valence-corrected chi connectivity index (χ3v) is 3.09. The van der Waals surface area contributed by atoms with Crippen molar-refractivity contribution in [3.05, 3.63) is 12.2 Å². The van der Waals surface area contributed by atoms with Crippen molar-refractivity contribution in [2.24, 2.45) is 0 Å². The lowest BCUT2D eigenvalue weighted by molar-refractivity contribution is -0.176. The van der Waals surface area contributed by atoms with E-state index in [1.54, 1.807) is 22.8 Å². The molecule has 0 bridgehead atoms. The van der Waals surface area contributed by atoms with Crippen LogP contribution < -0.4 is 10.6 Å². The van der Waals surface area contributed by atoms with E-state index in [9.17, 15) is 35.9 Å². The van der Waals surface area contributed by atoms with Gasteiger partial charge < -0.3 is 10.6 Å². The highest BCUT2D eigenvalue weighted by Crippen LogP contribution is 2.20.